The molecule has 0 unspecified atom stereocenters. The van der Waals surface area contributed by atoms with Crippen molar-refractivity contribution >= 4 is 28.9 Å². The van der Waals surface area contributed by atoms with Gasteiger partial charge in [-0.3, -0.25) is 19.6 Å². The standard InChI is InChI=1S/C15H16ClN5O3/c1-19-9-12(7-17-19)20-5-4-10(8-20)18-15(22)13-6-11(21(23)24)2-3-14(13)16/h2-3,6-7,9-10H,4-5,8H2,1H3,(H,18,22)/t10-/m0/s1. The number of anilines is 1. The van der Waals surface area contributed by atoms with Crippen molar-refractivity contribution in [1.29, 1.82) is 0 Å². The first kappa shape index (κ1) is 16.3. The molecule has 1 fully saturated rings. The topological polar surface area (TPSA) is 93.3 Å². The van der Waals surface area contributed by atoms with E-state index in [-0.39, 0.29) is 22.3 Å². The predicted octanol–water partition coefficient (Wildman–Crippen LogP) is 1.99. The molecule has 0 aliphatic carbocycles. The number of hydrogen-bond acceptors (Lipinski definition) is 5. The minimum atomic E-state index is -0.549. The summed E-state index contributed by atoms with van der Waals surface area (Å²) in [6.07, 6.45) is 4.48. The molecule has 1 aliphatic heterocycles. The van der Waals surface area contributed by atoms with Crippen molar-refractivity contribution in [2.24, 2.45) is 7.05 Å². The van der Waals surface area contributed by atoms with Crippen LogP contribution in [0.5, 0.6) is 0 Å². The van der Waals surface area contributed by atoms with Gasteiger partial charge in [-0.2, -0.15) is 5.10 Å². The molecule has 2 aromatic rings. The third kappa shape index (κ3) is 3.33. The Bertz CT molecular complexity index is 791. The van der Waals surface area contributed by atoms with Gasteiger partial charge in [0.15, 0.2) is 0 Å². The van der Waals surface area contributed by atoms with Crippen molar-refractivity contribution in [2.45, 2.75) is 12.5 Å². The number of nitro groups is 1. The Morgan fingerprint density at radius 3 is 2.96 bits per heavy atom. The number of carbonyl (C=O) groups excluding carboxylic acids is 1. The van der Waals surface area contributed by atoms with E-state index in [1.54, 1.807) is 10.9 Å². The number of aromatic nitrogens is 2. The lowest BCUT2D eigenvalue weighted by molar-refractivity contribution is -0.384. The fourth-order valence-corrected chi connectivity index (χ4v) is 2.95. The molecule has 1 N–H and O–H groups in total. The average Bonchev–Trinajstić information content (AvgIpc) is 3.16. The Hall–Kier alpha value is -2.61. The number of nitrogens with zero attached hydrogens (tertiary/aromatic N) is 4. The molecule has 8 nitrogen and oxygen atoms in total. The van der Waals surface area contributed by atoms with Crippen molar-refractivity contribution in [3.05, 3.63) is 51.3 Å². The zero-order valence-electron chi connectivity index (χ0n) is 13.0. The molecule has 2 heterocycles. The Balaban J connectivity index is 1.67. The van der Waals surface area contributed by atoms with Crippen LogP contribution in [0.15, 0.2) is 30.6 Å². The number of nitrogens with one attached hydrogen (secondary N) is 1. The van der Waals surface area contributed by atoms with Gasteiger partial charge in [-0.25, -0.2) is 0 Å². The normalized spacial score (nSPS) is 17.1. The second kappa shape index (κ2) is 6.48. The third-order valence-corrected chi connectivity index (χ3v) is 4.31. The van der Waals surface area contributed by atoms with Crippen molar-refractivity contribution < 1.29 is 9.72 Å². The lowest BCUT2D eigenvalue weighted by Crippen LogP contribution is -2.37. The van der Waals surface area contributed by atoms with Crippen LogP contribution in [0.25, 0.3) is 0 Å². The Labute approximate surface area is 143 Å². The second-order valence-corrected chi connectivity index (χ2v) is 6.11. The number of amides is 1. The SMILES string of the molecule is Cn1cc(N2CC[C@H](NC(=O)c3cc([N+](=O)[O-])ccc3Cl)C2)cn1. The van der Waals surface area contributed by atoms with Gasteiger partial charge in [0.05, 0.1) is 27.4 Å². The van der Waals surface area contributed by atoms with E-state index in [0.717, 1.165) is 18.7 Å². The maximum absolute atomic E-state index is 12.4. The largest absolute Gasteiger partial charge is 0.367 e. The maximum atomic E-state index is 12.4. The zero-order chi connectivity index (χ0) is 17.3. The Kier molecular flexibility index (Phi) is 4.39. The third-order valence-electron chi connectivity index (χ3n) is 3.99. The maximum Gasteiger partial charge on any atom is 0.270 e. The number of carbonyl (C=O) groups is 1. The Morgan fingerprint density at radius 2 is 2.29 bits per heavy atom. The molecule has 1 aromatic carbocycles. The van der Waals surface area contributed by atoms with Crippen molar-refractivity contribution in [3.8, 4) is 0 Å². The number of aryl methyl sites for hydroxylation is 1. The summed E-state index contributed by atoms with van der Waals surface area (Å²) in [4.78, 5) is 24.8. The van der Waals surface area contributed by atoms with Crippen molar-refractivity contribution in [1.82, 2.24) is 15.1 Å². The van der Waals surface area contributed by atoms with Gasteiger partial charge in [0, 0.05) is 44.5 Å². The molecular formula is C15H16ClN5O3. The van der Waals surface area contributed by atoms with Gasteiger partial charge in [-0.15, -0.1) is 0 Å². The molecule has 0 radical (unpaired) electrons. The van der Waals surface area contributed by atoms with Gasteiger partial charge in [0.25, 0.3) is 11.6 Å². The van der Waals surface area contributed by atoms with Crippen LogP contribution >= 0.6 is 11.6 Å². The van der Waals surface area contributed by atoms with E-state index < -0.39 is 10.8 Å². The van der Waals surface area contributed by atoms with Crippen molar-refractivity contribution in [3.63, 3.8) is 0 Å². The summed E-state index contributed by atoms with van der Waals surface area (Å²) in [5.41, 5.74) is 0.960. The number of hydrogen-bond donors (Lipinski definition) is 1. The van der Waals surface area contributed by atoms with E-state index in [1.165, 1.54) is 18.2 Å². The quantitative estimate of drug-likeness (QED) is 0.673. The van der Waals surface area contributed by atoms with Crippen LogP contribution in [-0.4, -0.2) is 39.7 Å². The van der Waals surface area contributed by atoms with Crippen LogP contribution in [0.1, 0.15) is 16.8 Å². The van der Waals surface area contributed by atoms with Crippen LogP contribution in [0, 0.1) is 10.1 Å². The van der Waals surface area contributed by atoms with E-state index in [0.29, 0.717) is 6.54 Å². The van der Waals surface area contributed by atoms with Gasteiger partial charge in [0.1, 0.15) is 0 Å². The highest BCUT2D eigenvalue weighted by atomic mass is 35.5. The fourth-order valence-electron chi connectivity index (χ4n) is 2.75. The smallest absolute Gasteiger partial charge is 0.270 e. The highest BCUT2D eigenvalue weighted by Crippen LogP contribution is 2.23. The van der Waals surface area contributed by atoms with Gasteiger partial charge in [0.2, 0.25) is 0 Å². The predicted molar refractivity (Wildman–Crippen MR) is 89.4 cm³/mol. The highest BCUT2D eigenvalue weighted by Gasteiger charge is 2.26. The fraction of sp³-hybridized carbons (Fsp3) is 0.333. The molecule has 1 atom stereocenters. The summed E-state index contributed by atoms with van der Waals surface area (Å²) in [5.74, 6) is -0.401. The van der Waals surface area contributed by atoms with Gasteiger partial charge in [-0.05, 0) is 12.5 Å². The number of halogens is 1. The molecule has 24 heavy (non-hydrogen) atoms. The van der Waals surface area contributed by atoms with Gasteiger partial charge in [-0.1, -0.05) is 11.6 Å². The molecular weight excluding hydrogens is 334 g/mol. The molecule has 9 heteroatoms. The monoisotopic (exact) mass is 349 g/mol. The van der Waals surface area contributed by atoms with E-state index in [4.69, 9.17) is 11.6 Å². The highest BCUT2D eigenvalue weighted by molar-refractivity contribution is 6.34. The Morgan fingerprint density at radius 1 is 1.50 bits per heavy atom. The number of non-ortho nitro benzene ring substituents is 1. The first-order chi connectivity index (χ1) is 11.4. The van der Waals surface area contributed by atoms with Crippen LogP contribution < -0.4 is 10.2 Å². The number of nitro benzene ring substituents is 1. The number of rotatable bonds is 4. The minimum absolute atomic E-state index is 0.0481. The van der Waals surface area contributed by atoms with E-state index >= 15 is 0 Å². The lowest BCUT2D eigenvalue weighted by atomic mass is 10.1. The summed E-state index contributed by atoms with van der Waals surface area (Å²) in [6, 6.07) is 3.79. The summed E-state index contributed by atoms with van der Waals surface area (Å²) in [6.45, 7) is 1.46. The molecule has 126 valence electrons. The summed E-state index contributed by atoms with van der Waals surface area (Å²) in [5, 5.41) is 18.1. The van der Waals surface area contributed by atoms with Crippen molar-refractivity contribution in [2.75, 3.05) is 18.0 Å². The molecule has 1 amide bonds. The molecule has 1 saturated heterocycles. The summed E-state index contributed by atoms with van der Waals surface area (Å²) in [7, 11) is 1.85. The van der Waals surface area contributed by atoms with Gasteiger partial charge >= 0.3 is 0 Å². The second-order valence-electron chi connectivity index (χ2n) is 5.70. The van der Waals surface area contributed by atoms with Gasteiger partial charge < -0.3 is 10.2 Å². The van der Waals surface area contributed by atoms with Crippen LogP contribution in [0.4, 0.5) is 11.4 Å². The van der Waals surface area contributed by atoms with E-state index in [9.17, 15) is 14.9 Å². The van der Waals surface area contributed by atoms with Crippen LogP contribution in [-0.2, 0) is 7.05 Å². The average molecular weight is 350 g/mol. The molecule has 3 rings (SSSR count). The first-order valence-electron chi connectivity index (χ1n) is 7.42. The molecule has 1 aromatic heterocycles. The first-order valence-corrected chi connectivity index (χ1v) is 7.80. The zero-order valence-corrected chi connectivity index (χ0v) is 13.7. The molecule has 0 bridgehead atoms. The number of benzene rings is 1. The molecule has 0 spiro atoms. The van der Waals surface area contributed by atoms with E-state index in [1.807, 2.05) is 13.2 Å². The summed E-state index contributed by atoms with van der Waals surface area (Å²) < 4.78 is 1.73. The van der Waals surface area contributed by atoms with E-state index in [2.05, 4.69) is 15.3 Å². The molecule has 1 aliphatic rings. The lowest BCUT2D eigenvalue weighted by Gasteiger charge is -2.17. The minimum Gasteiger partial charge on any atom is -0.367 e. The van der Waals surface area contributed by atoms with Crippen LogP contribution in [0.3, 0.4) is 0 Å². The molecule has 0 saturated carbocycles. The summed E-state index contributed by atoms with van der Waals surface area (Å²) >= 11 is 6.00. The van der Waals surface area contributed by atoms with Crippen LogP contribution in [0.2, 0.25) is 5.02 Å².